The number of aryl methyl sites for hydroxylation is 1. The molecule has 0 unspecified atom stereocenters. The number of rotatable bonds is 4. The summed E-state index contributed by atoms with van der Waals surface area (Å²) in [7, 11) is 5.34. The molecule has 8 nitrogen and oxygen atoms in total. The molecule has 0 bridgehead atoms. The predicted molar refractivity (Wildman–Crippen MR) is 93.0 cm³/mol. The lowest BCUT2D eigenvalue weighted by Crippen LogP contribution is -2.33. The Bertz CT molecular complexity index is 833. The molecule has 8 heteroatoms. The number of nitrogens with zero attached hydrogens (tertiary/aromatic N) is 5. The molecule has 0 aromatic carbocycles. The second-order valence-corrected chi connectivity index (χ2v) is 6.18. The van der Waals surface area contributed by atoms with Crippen LogP contribution in [-0.2, 0) is 7.05 Å². The Hall–Kier alpha value is -2.90. The van der Waals surface area contributed by atoms with Crippen LogP contribution in [0.3, 0.4) is 0 Å². The van der Waals surface area contributed by atoms with Crippen LogP contribution in [0.2, 0.25) is 0 Å². The van der Waals surface area contributed by atoms with Gasteiger partial charge in [-0.25, -0.2) is 9.67 Å². The summed E-state index contributed by atoms with van der Waals surface area (Å²) in [5.74, 6) is 1.26. The molecule has 1 atom stereocenters. The van der Waals surface area contributed by atoms with Gasteiger partial charge in [-0.3, -0.25) is 9.59 Å². The van der Waals surface area contributed by atoms with Gasteiger partial charge in [-0.2, -0.15) is 5.10 Å². The SMILES string of the molecule is CN(C)c1ncccc1O[C@@H]1CCN(C(=O)c2ccc(=O)n(C)n2)C1. The predicted octanol–water partition coefficient (Wildman–Crippen LogP) is 0.535. The van der Waals surface area contributed by atoms with Crippen molar-refractivity contribution in [3.63, 3.8) is 0 Å². The fourth-order valence-electron chi connectivity index (χ4n) is 2.78. The number of aromatic nitrogens is 3. The molecule has 0 radical (unpaired) electrons. The van der Waals surface area contributed by atoms with Crippen LogP contribution in [-0.4, -0.2) is 58.9 Å². The summed E-state index contributed by atoms with van der Waals surface area (Å²) >= 11 is 0. The first-order chi connectivity index (χ1) is 12.0. The van der Waals surface area contributed by atoms with Gasteiger partial charge in [-0.15, -0.1) is 0 Å². The van der Waals surface area contributed by atoms with Crippen LogP contribution in [0.4, 0.5) is 5.82 Å². The molecule has 1 aliphatic heterocycles. The molecular weight excluding hydrogens is 322 g/mol. The summed E-state index contributed by atoms with van der Waals surface area (Å²) in [5.41, 5.74) is 0.0186. The Kier molecular flexibility index (Phi) is 4.69. The molecule has 1 saturated heterocycles. The van der Waals surface area contributed by atoms with Crippen LogP contribution in [0.25, 0.3) is 0 Å². The summed E-state index contributed by atoms with van der Waals surface area (Å²) in [6.45, 7) is 1.07. The zero-order valence-corrected chi connectivity index (χ0v) is 14.5. The van der Waals surface area contributed by atoms with Crippen molar-refractivity contribution in [2.45, 2.75) is 12.5 Å². The van der Waals surface area contributed by atoms with Crippen molar-refractivity contribution < 1.29 is 9.53 Å². The van der Waals surface area contributed by atoms with E-state index in [0.29, 0.717) is 18.8 Å². The Morgan fingerprint density at radius 3 is 2.84 bits per heavy atom. The monoisotopic (exact) mass is 343 g/mol. The molecule has 25 heavy (non-hydrogen) atoms. The van der Waals surface area contributed by atoms with Gasteiger partial charge in [0.1, 0.15) is 11.8 Å². The number of likely N-dealkylation sites (tertiary alicyclic amines) is 1. The van der Waals surface area contributed by atoms with Crippen LogP contribution >= 0.6 is 0 Å². The summed E-state index contributed by atoms with van der Waals surface area (Å²) in [4.78, 5) is 31.9. The molecule has 0 saturated carbocycles. The van der Waals surface area contributed by atoms with Crippen molar-refractivity contribution >= 4 is 11.7 Å². The maximum absolute atomic E-state index is 12.6. The van der Waals surface area contributed by atoms with E-state index < -0.39 is 0 Å². The lowest BCUT2D eigenvalue weighted by molar-refractivity contribution is 0.0764. The number of carbonyl (C=O) groups excluding carboxylic acids is 1. The Morgan fingerprint density at radius 2 is 2.12 bits per heavy atom. The summed E-state index contributed by atoms with van der Waals surface area (Å²) in [6, 6.07) is 6.52. The standard InChI is InChI=1S/C17H21N5O3/c1-20(2)16-14(5-4-9-18-16)25-12-8-10-22(11-12)17(24)13-6-7-15(23)21(3)19-13/h4-7,9,12H,8,10-11H2,1-3H3/t12-/m1/s1. The zero-order chi connectivity index (χ0) is 18.0. The number of carbonyl (C=O) groups is 1. The van der Waals surface area contributed by atoms with Crippen molar-refractivity contribution in [1.29, 1.82) is 0 Å². The fraction of sp³-hybridized carbons (Fsp3) is 0.412. The van der Waals surface area contributed by atoms with Gasteiger partial charge >= 0.3 is 0 Å². The van der Waals surface area contributed by atoms with E-state index in [2.05, 4.69) is 10.1 Å². The van der Waals surface area contributed by atoms with Crippen LogP contribution < -0.4 is 15.2 Å². The van der Waals surface area contributed by atoms with Gasteiger partial charge in [-0.05, 0) is 18.2 Å². The first-order valence-corrected chi connectivity index (χ1v) is 8.08. The summed E-state index contributed by atoms with van der Waals surface area (Å²) in [5, 5.41) is 4.02. The smallest absolute Gasteiger partial charge is 0.274 e. The number of hydrogen-bond acceptors (Lipinski definition) is 6. The minimum atomic E-state index is -0.244. The molecule has 1 aliphatic rings. The molecule has 0 N–H and O–H groups in total. The normalized spacial score (nSPS) is 16.8. The van der Waals surface area contributed by atoms with E-state index in [4.69, 9.17) is 4.74 Å². The first kappa shape index (κ1) is 16.9. The molecule has 1 amide bonds. The van der Waals surface area contributed by atoms with Crippen molar-refractivity contribution in [2.75, 3.05) is 32.1 Å². The largest absolute Gasteiger partial charge is 0.485 e. The molecule has 3 heterocycles. The van der Waals surface area contributed by atoms with Crippen LogP contribution in [0.1, 0.15) is 16.9 Å². The van der Waals surface area contributed by atoms with E-state index in [1.54, 1.807) is 11.1 Å². The molecular formula is C17H21N5O3. The van der Waals surface area contributed by atoms with Crippen molar-refractivity contribution in [3.05, 3.63) is 46.5 Å². The third kappa shape index (κ3) is 3.62. The van der Waals surface area contributed by atoms with Crippen molar-refractivity contribution in [2.24, 2.45) is 7.05 Å². The van der Waals surface area contributed by atoms with Crippen molar-refractivity contribution in [1.82, 2.24) is 19.7 Å². The number of hydrogen-bond donors (Lipinski definition) is 0. The Labute approximate surface area is 145 Å². The van der Waals surface area contributed by atoms with Gasteiger partial charge in [0, 0.05) is 46.4 Å². The van der Waals surface area contributed by atoms with Gasteiger partial charge < -0.3 is 14.5 Å². The van der Waals surface area contributed by atoms with Crippen LogP contribution in [0, 0.1) is 0 Å². The minimum Gasteiger partial charge on any atom is -0.485 e. The maximum atomic E-state index is 12.6. The lowest BCUT2D eigenvalue weighted by atomic mass is 10.3. The second kappa shape index (κ2) is 6.92. The third-order valence-electron chi connectivity index (χ3n) is 4.08. The van der Waals surface area contributed by atoms with Gasteiger partial charge in [-0.1, -0.05) is 0 Å². The molecule has 0 spiro atoms. The fourth-order valence-corrected chi connectivity index (χ4v) is 2.78. The highest BCUT2D eigenvalue weighted by molar-refractivity contribution is 5.92. The van der Waals surface area contributed by atoms with Gasteiger partial charge in [0.2, 0.25) is 0 Å². The molecule has 3 rings (SSSR count). The molecule has 2 aromatic heterocycles. The highest BCUT2D eigenvalue weighted by Gasteiger charge is 2.29. The average molecular weight is 343 g/mol. The first-order valence-electron chi connectivity index (χ1n) is 8.08. The number of ether oxygens (including phenoxy) is 1. The van der Waals surface area contributed by atoms with E-state index in [1.807, 2.05) is 31.1 Å². The highest BCUT2D eigenvalue weighted by Crippen LogP contribution is 2.26. The molecule has 132 valence electrons. The van der Waals surface area contributed by atoms with E-state index in [0.717, 1.165) is 16.9 Å². The maximum Gasteiger partial charge on any atom is 0.274 e. The topological polar surface area (TPSA) is 80.6 Å². The molecule has 2 aromatic rings. The Morgan fingerprint density at radius 1 is 1.32 bits per heavy atom. The zero-order valence-electron chi connectivity index (χ0n) is 14.5. The minimum absolute atomic E-state index is 0.0978. The number of pyridine rings is 1. The average Bonchev–Trinajstić information content (AvgIpc) is 3.05. The number of amides is 1. The summed E-state index contributed by atoms with van der Waals surface area (Å²) < 4.78 is 7.22. The van der Waals surface area contributed by atoms with Gasteiger partial charge in [0.15, 0.2) is 11.6 Å². The molecule has 1 fully saturated rings. The molecule has 0 aliphatic carbocycles. The van der Waals surface area contributed by atoms with E-state index in [-0.39, 0.29) is 23.3 Å². The Balaban J connectivity index is 1.68. The quantitative estimate of drug-likeness (QED) is 0.806. The van der Waals surface area contributed by atoms with E-state index in [9.17, 15) is 9.59 Å². The van der Waals surface area contributed by atoms with Gasteiger partial charge in [0.25, 0.3) is 11.5 Å². The number of anilines is 1. The van der Waals surface area contributed by atoms with Crippen molar-refractivity contribution in [3.8, 4) is 5.75 Å². The summed E-state index contributed by atoms with van der Waals surface area (Å²) in [6.07, 6.45) is 2.36. The van der Waals surface area contributed by atoms with Crippen LogP contribution in [0.15, 0.2) is 35.3 Å². The van der Waals surface area contributed by atoms with Gasteiger partial charge in [0.05, 0.1) is 6.54 Å². The highest BCUT2D eigenvalue weighted by atomic mass is 16.5. The lowest BCUT2D eigenvalue weighted by Gasteiger charge is -2.20. The second-order valence-electron chi connectivity index (χ2n) is 6.18. The van der Waals surface area contributed by atoms with E-state index >= 15 is 0 Å². The van der Waals surface area contributed by atoms with E-state index in [1.165, 1.54) is 19.2 Å². The van der Waals surface area contributed by atoms with Crippen LogP contribution in [0.5, 0.6) is 5.75 Å². The third-order valence-corrected chi connectivity index (χ3v) is 4.08.